The molecular formula is C22H13Cl2N3O6S. The Hall–Kier alpha value is -3.60. The first-order valence-electron chi connectivity index (χ1n) is 9.56. The highest BCUT2D eigenvalue weighted by atomic mass is 35.5. The summed E-state index contributed by atoms with van der Waals surface area (Å²) in [5.74, 6) is -0.815. The zero-order valence-electron chi connectivity index (χ0n) is 17.0. The molecule has 9 nitrogen and oxygen atoms in total. The van der Waals surface area contributed by atoms with Crippen molar-refractivity contribution in [3.8, 4) is 11.3 Å². The highest BCUT2D eigenvalue weighted by molar-refractivity contribution is 8.18. The number of nitrogens with one attached hydrogen (secondary N) is 1. The Kier molecular flexibility index (Phi) is 6.73. The van der Waals surface area contributed by atoms with Crippen molar-refractivity contribution in [2.45, 2.75) is 0 Å². The highest BCUT2D eigenvalue weighted by Gasteiger charge is 2.36. The summed E-state index contributed by atoms with van der Waals surface area (Å²) in [7, 11) is 0. The molecule has 0 aliphatic carbocycles. The van der Waals surface area contributed by atoms with Crippen LogP contribution in [0.2, 0.25) is 10.0 Å². The molecule has 0 saturated carbocycles. The van der Waals surface area contributed by atoms with Crippen LogP contribution in [0.25, 0.3) is 17.4 Å². The van der Waals surface area contributed by atoms with Gasteiger partial charge in [0, 0.05) is 27.9 Å². The van der Waals surface area contributed by atoms with Crippen LogP contribution in [0.5, 0.6) is 0 Å². The summed E-state index contributed by atoms with van der Waals surface area (Å²) >= 11 is 12.3. The minimum Gasteiger partial charge on any atom is -0.456 e. The molecule has 1 aromatic heterocycles. The fraction of sp³-hybridized carbons (Fsp3) is 0.0455. The molecule has 0 bridgehead atoms. The van der Waals surface area contributed by atoms with E-state index in [0.29, 0.717) is 22.5 Å². The van der Waals surface area contributed by atoms with Crippen LogP contribution in [0.3, 0.4) is 0 Å². The van der Waals surface area contributed by atoms with Gasteiger partial charge in [0.05, 0.1) is 15.4 Å². The van der Waals surface area contributed by atoms with Gasteiger partial charge in [0.2, 0.25) is 5.91 Å². The second-order valence-corrected chi connectivity index (χ2v) is 8.81. The van der Waals surface area contributed by atoms with Crippen LogP contribution in [0.15, 0.2) is 63.9 Å². The number of nitrogens with zero attached hydrogens (tertiary/aromatic N) is 2. The van der Waals surface area contributed by atoms with E-state index < -0.39 is 28.5 Å². The predicted molar refractivity (Wildman–Crippen MR) is 129 cm³/mol. The van der Waals surface area contributed by atoms with Gasteiger partial charge in [-0.25, -0.2) is 0 Å². The topological polar surface area (TPSA) is 123 Å². The van der Waals surface area contributed by atoms with Crippen LogP contribution in [0.1, 0.15) is 5.76 Å². The number of thioether (sulfide) groups is 1. The quantitative estimate of drug-likeness (QED) is 0.247. The summed E-state index contributed by atoms with van der Waals surface area (Å²) in [6, 6.07) is 13.5. The van der Waals surface area contributed by atoms with Gasteiger partial charge in [-0.05, 0) is 60.3 Å². The summed E-state index contributed by atoms with van der Waals surface area (Å²) in [5.41, 5.74) is 0.442. The van der Waals surface area contributed by atoms with E-state index in [1.807, 2.05) is 0 Å². The molecule has 2 heterocycles. The Morgan fingerprint density at radius 3 is 2.50 bits per heavy atom. The first-order chi connectivity index (χ1) is 16.2. The summed E-state index contributed by atoms with van der Waals surface area (Å²) in [6.45, 7) is -0.467. The second kappa shape index (κ2) is 9.72. The van der Waals surface area contributed by atoms with Gasteiger partial charge in [0.15, 0.2) is 0 Å². The molecule has 34 heavy (non-hydrogen) atoms. The lowest BCUT2D eigenvalue weighted by Gasteiger charge is -2.12. The van der Waals surface area contributed by atoms with E-state index in [9.17, 15) is 24.5 Å². The van der Waals surface area contributed by atoms with E-state index in [0.717, 1.165) is 4.90 Å². The Labute approximate surface area is 206 Å². The summed E-state index contributed by atoms with van der Waals surface area (Å²) in [5, 5.41) is 14.0. The number of nitro benzene ring substituents is 1. The number of hydrogen-bond acceptors (Lipinski definition) is 7. The Morgan fingerprint density at radius 2 is 1.79 bits per heavy atom. The highest BCUT2D eigenvalue weighted by Crippen LogP contribution is 2.36. The van der Waals surface area contributed by atoms with Crippen LogP contribution >= 0.6 is 35.0 Å². The number of anilines is 1. The maximum absolute atomic E-state index is 12.7. The lowest BCUT2D eigenvalue weighted by molar-refractivity contribution is -0.384. The largest absolute Gasteiger partial charge is 0.456 e. The van der Waals surface area contributed by atoms with Crippen molar-refractivity contribution in [3.05, 3.63) is 85.4 Å². The van der Waals surface area contributed by atoms with Crippen molar-refractivity contribution >= 4 is 69.5 Å². The van der Waals surface area contributed by atoms with Gasteiger partial charge in [-0.1, -0.05) is 23.2 Å². The number of carbonyl (C=O) groups excluding carboxylic acids is 3. The number of benzene rings is 2. The number of furan rings is 1. The number of carbonyl (C=O) groups is 3. The number of nitro groups is 1. The smallest absolute Gasteiger partial charge is 0.294 e. The van der Waals surface area contributed by atoms with Gasteiger partial charge in [-0.15, -0.1) is 0 Å². The molecule has 4 rings (SSSR count). The standard InChI is InChI=1S/C22H13Cl2N3O6S/c23-12-1-4-14(5-2-12)25-20(28)11-26-21(29)19(34-22(26)30)10-15-6-8-18(33-15)16-7-3-13(24)9-17(16)27(31)32/h1-10H,11H2,(H,25,28)/b19-10+. The summed E-state index contributed by atoms with van der Waals surface area (Å²) < 4.78 is 5.64. The monoisotopic (exact) mass is 517 g/mol. The first-order valence-corrected chi connectivity index (χ1v) is 11.1. The van der Waals surface area contributed by atoms with Crippen molar-refractivity contribution in [1.29, 1.82) is 0 Å². The van der Waals surface area contributed by atoms with E-state index >= 15 is 0 Å². The first kappa shape index (κ1) is 23.6. The third-order valence-corrected chi connectivity index (χ3v) is 6.02. The fourth-order valence-electron chi connectivity index (χ4n) is 3.08. The normalized spacial score (nSPS) is 14.6. The van der Waals surface area contributed by atoms with Gasteiger partial charge >= 0.3 is 0 Å². The van der Waals surface area contributed by atoms with Crippen molar-refractivity contribution < 1.29 is 23.7 Å². The van der Waals surface area contributed by atoms with Crippen LogP contribution in [-0.2, 0) is 9.59 Å². The number of rotatable bonds is 6. The molecule has 2 aromatic carbocycles. The lowest BCUT2D eigenvalue weighted by Crippen LogP contribution is -2.36. The average molecular weight is 518 g/mol. The van der Waals surface area contributed by atoms with E-state index in [4.69, 9.17) is 27.6 Å². The molecule has 1 aliphatic heterocycles. The predicted octanol–water partition coefficient (Wildman–Crippen LogP) is 5.84. The molecule has 3 amide bonds. The lowest BCUT2D eigenvalue weighted by atomic mass is 10.1. The Bertz CT molecular complexity index is 1350. The SMILES string of the molecule is O=C(CN1C(=O)S/C(=C/c2ccc(-c3ccc(Cl)cc3[N+](=O)[O-])o2)C1=O)Nc1ccc(Cl)cc1. The van der Waals surface area contributed by atoms with E-state index in [1.165, 1.54) is 36.4 Å². The molecule has 12 heteroatoms. The molecule has 3 aromatic rings. The van der Waals surface area contributed by atoms with Crippen LogP contribution in [-0.4, -0.2) is 33.4 Å². The van der Waals surface area contributed by atoms with Crippen LogP contribution in [0, 0.1) is 10.1 Å². The van der Waals surface area contributed by atoms with Gasteiger partial charge in [-0.3, -0.25) is 29.4 Å². The van der Waals surface area contributed by atoms with Gasteiger partial charge in [0.25, 0.3) is 16.8 Å². The Morgan fingerprint density at radius 1 is 1.09 bits per heavy atom. The third kappa shape index (κ3) is 5.14. The van der Waals surface area contributed by atoms with Crippen molar-refractivity contribution in [3.63, 3.8) is 0 Å². The fourth-order valence-corrected chi connectivity index (χ4v) is 4.19. The zero-order chi connectivity index (χ0) is 24.4. The number of halogens is 2. The van der Waals surface area contributed by atoms with Gasteiger partial charge in [0.1, 0.15) is 18.1 Å². The average Bonchev–Trinajstić information content (AvgIpc) is 3.35. The van der Waals surface area contributed by atoms with E-state index in [2.05, 4.69) is 5.32 Å². The maximum Gasteiger partial charge on any atom is 0.294 e. The summed E-state index contributed by atoms with van der Waals surface area (Å²) in [4.78, 5) is 48.9. The van der Waals surface area contributed by atoms with Gasteiger partial charge < -0.3 is 9.73 Å². The summed E-state index contributed by atoms with van der Waals surface area (Å²) in [6.07, 6.45) is 1.34. The van der Waals surface area contributed by atoms with Crippen LogP contribution < -0.4 is 5.32 Å². The number of hydrogen-bond donors (Lipinski definition) is 1. The van der Waals surface area contributed by atoms with Crippen molar-refractivity contribution in [2.24, 2.45) is 0 Å². The van der Waals surface area contributed by atoms with Crippen molar-refractivity contribution in [2.75, 3.05) is 11.9 Å². The molecule has 0 spiro atoms. The Balaban J connectivity index is 1.49. The number of amides is 3. The molecule has 1 N–H and O–H groups in total. The molecule has 172 valence electrons. The zero-order valence-corrected chi connectivity index (χ0v) is 19.3. The van der Waals surface area contributed by atoms with Gasteiger partial charge in [-0.2, -0.15) is 0 Å². The van der Waals surface area contributed by atoms with Crippen LogP contribution in [0.4, 0.5) is 16.2 Å². The molecule has 1 saturated heterocycles. The van der Waals surface area contributed by atoms with Crippen molar-refractivity contribution in [1.82, 2.24) is 4.90 Å². The number of imide groups is 1. The third-order valence-electron chi connectivity index (χ3n) is 4.63. The molecule has 1 aliphatic rings. The molecule has 0 unspecified atom stereocenters. The molecule has 0 radical (unpaired) electrons. The molecule has 0 atom stereocenters. The van der Waals surface area contributed by atoms with E-state index in [1.54, 1.807) is 24.3 Å². The maximum atomic E-state index is 12.7. The van der Waals surface area contributed by atoms with E-state index in [-0.39, 0.29) is 32.7 Å². The second-order valence-electron chi connectivity index (χ2n) is 6.94. The minimum absolute atomic E-state index is 0.0517. The molecule has 1 fully saturated rings. The minimum atomic E-state index is -0.656. The molecular weight excluding hydrogens is 505 g/mol.